The first-order valence-corrected chi connectivity index (χ1v) is 18.6. The van der Waals surface area contributed by atoms with Gasteiger partial charge in [-0.3, -0.25) is 19.4 Å². The lowest BCUT2D eigenvalue weighted by molar-refractivity contribution is -0.165. The van der Waals surface area contributed by atoms with Gasteiger partial charge >= 0.3 is 18.0 Å². The lowest BCUT2D eigenvalue weighted by Gasteiger charge is -2.49. The minimum absolute atomic E-state index is 0.00473. The van der Waals surface area contributed by atoms with Crippen molar-refractivity contribution in [2.75, 3.05) is 14.2 Å². The minimum Gasteiger partial charge on any atom is -0.468 e. The molecular weight excluding hydrogens is 652 g/mol. The number of carbonyl (C=O) groups is 3. The van der Waals surface area contributed by atoms with Crippen molar-refractivity contribution in [2.45, 2.75) is 61.0 Å². The lowest BCUT2D eigenvalue weighted by Crippen LogP contribution is -2.61. The molecule has 7 aliphatic rings. The zero-order valence-electron chi connectivity index (χ0n) is 29.2. The summed E-state index contributed by atoms with van der Waals surface area (Å²) in [5.41, 5.74) is 4.10. The van der Waals surface area contributed by atoms with Crippen molar-refractivity contribution in [1.29, 1.82) is 0 Å². The zero-order chi connectivity index (χ0) is 35.1. The molecule has 0 radical (unpaired) electrons. The summed E-state index contributed by atoms with van der Waals surface area (Å²) < 4.78 is 18.1. The molecule has 0 aromatic heterocycles. The number of nitrogens with zero attached hydrogens (tertiary/aromatic N) is 2. The van der Waals surface area contributed by atoms with E-state index in [0.29, 0.717) is 6.54 Å². The predicted octanol–water partition coefficient (Wildman–Crippen LogP) is 6.93. The van der Waals surface area contributed by atoms with E-state index in [1.807, 2.05) is 65.6 Å². The van der Waals surface area contributed by atoms with Gasteiger partial charge in [-0.25, -0.2) is 4.79 Å². The third kappa shape index (κ3) is 3.29. The van der Waals surface area contributed by atoms with E-state index in [4.69, 9.17) is 14.2 Å². The van der Waals surface area contributed by atoms with E-state index in [-0.39, 0.29) is 47.6 Å². The van der Waals surface area contributed by atoms with Gasteiger partial charge in [0.2, 0.25) is 0 Å². The summed E-state index contributed by atoms with van der Waals surface area (Å²) in [6.07, 6.45) is 1.70. The molecule has 8 heteroatoms. The van der Waals surface area contributed by atoms with E-state index >= 15 is 9.59 Å². The second kappa shape index (κ2) is 10.3. The normalized spacial score (nSPS) is 35.5. The van der Waals surface area contributed by atoms with Gasteiger partial charge in [-0.1, -0.05) is 109 Å². The van der Waals surface area contributed by atoms with Gasteiger partial charge in [0.15, 0.2) is 0 Å². The Kier molecular flexibility index (Phi) is 6.10. The average Bonchev–Trinajstić information content (AvgIpc) is 3.39. The Morgan fingerprint density at radius 1 is 0.596 bits per heavy atom. The molecule has 3 saturated heterocycles. The number of hydrogen-bond donors (Lipinski definition) is 0. The summed E-state index contributed by atoms with van der Waals surface area (Å²) in [4.78, 5) is 49.5. The van der Waals surface area contributed by atoms with Crippen LogP contribution in [0.4, 0.5) is 4.79 Å². The Labute approximate surface area is 302 Å². The fraction of sp³-hybridized carbons (Fsp3) is 0.386. The van der Waals surface area contributed by atoms with Gasteiger partial charge < -0.3 is 14.2 Å². The lowest BCUT2D eigenvalue weighted by atomic mass is 9.49. The Balaban J connectivity index is 1.17. The van der Waals surface area contributed by atoms with Crippen molar-refractivity contribution < 1.29 is 28.6 Å². The highest BCUT2D eigenvalue weighted by molar-refractivity contribution is 5.94. The Morgan fingerprint density at radius 2 is 1.04 bits per heavy atom. The first-order valence-electron chi connectivity index (χ1n) is 18.6. The number of esters is 2. The Hall–Kier alpha value is -4.95. The van der Waals surface area contributed by atoms with Gasteiger partial charge in [-0.15, -0.1) is 0 Å². The van der Waals surface area contributed by atoms with Crippen molar-refractivity contribution in [3.05, 3.63) is 143 Å². The van der Waals surface area contributed by atoms with Crippen molar-refractivity contribution in [3.63, 3.8) is 0 Å². The molecule has 11 rings (SSSR count). The predicted molar refractivity (Wildman–Crippen MR) is 189 cm³/mol. The smallest absolute Gasteiger partial charge is 0.411 e. The summed E-state index contributed by atoms with van der Waals surface area (Å²) in [7, 11) is 2.97. The molecule has 6 bridgehead atoms. The van der Waals surface area contributed by atoms with Crippen LogP contribution in [0.2, 0.25) is 0 Å². The maximum absolute atomic E-state index is 15.4. The van der Waals surface area contributed by atoms with Crippen LogP contribution in [-0.4, -0.2) is 53.1 Å². The number of amides is 1. The summed E-state index contributed by atoms with van der Waals surface area (Å²) in [6.45, 7) is 0.501. The van der Waals surface area contributed by atoms with E-state index in [9.17, 15) is 4.79 Å². The van der Waals surface area contributed by atoms with Crippen LogP contribution in [0.25, 0.3) is 0 Å². The van der Waals surface area contributed by atoms with Crippen LogP contribution in [0.1, 0.15) is 70.1 Å². The second-order valence-electron chi connectivity index (χ2n) is 16.1. The van der Waals surface area contributed by atoms with E-state index in [0.717, 1.165) is 35.1 Å². The van der Waals surface area contributed by atoms with Crippen LogP contribution in [0, 0.1) is 29.1 Å². The molecule has 4 heterocycles. The average molecular weight is 693 g/mol. The highest BCUT2D eigenvalue weighted by Gasteiger charge is 2.95. The molecule has 8 nitrogen and oxygen atoms in total. The standard InChI is InChI=1S/C44H40N2O6/c1-50-39(47)43-33-31-27-17-9-10-18-28(27)32(42(31)21-22-42)34(33)44(40(48)51-2,45(43)23-25-13-5-3-6-14-25)36-35(43)37-29-19-11-12-20-30(29)38(36)46(37)41(49)52-24-26-15-7-4-8-16-26/h3-20,31-38H,21-24H2,1-2H3/t31-,32+,33-,34+,35-,36+,37+,38-,43-,44+. The third-order valence-electron chi connectivity index (χ3n) is 14.7. The zero-order valence-corrected chi connectivity index (χ0v) is 29.2. The van der Waals surface area contributed by atoms with E-state index in [1.165, 1.54) is 25.3 Å². The van der Waals surface area contributed by atoms with Crippen molar-refractivity contribution in [2.24, 2.45) is 29.1 Å². The molecule has 2 saturated carbocycles. The van der Waals surface area contributed by atoms with E-state index in [2.05, 4.69) is 53.4 Å². The Bertz CT molecular complexity index is 2070. The summed E-state index contributed by atoms with van der Waals surface area (Å²) in [5.74, 6) is -1.76. The van der Waals surface area contributed by atoms with Gasteiger partial charge in [0.1, 0.15) is 17.7 Å². The minimum atomic E-state index is -1.22. The fourth-order valence-corrected chi connectivity index (χ4v) is 13.5. The van der Waals surface area contributed by atoms with E-state index in [1.54, 1.807) is 0 Å². The van der Waals surface area contributed by atoms with Crippen LogP contribution < -0.4 is 0 Å². The van der Waals surface area contributed by atoms with Crippen LogP contribution in [0.15, 0.2) is 109 Å². The molecule has 52 heavy (non-hydrogen) atoms. The topological polar surface area (TPSA) is 85.4 Å². The van der Waals surface area contributed by atoms with Crippen molar-refractivity contribution in [3.8, 4) is 0 Å². The number of rotatable bonds is 6. The number of ether oxygens (including phenoxy) is 3. The van der Waals surface area contributed by atoms with Gasteiger partial charge in [-0.05, 0) is 63.5 Å². The maximum Gasteiger partial charge on any atom is 0.411 e. The first-order chi connectivity index (χ1) is 25.5. The molecule has 3 aliphatic carbocycles. The molecule has 4 aromatic rings. The van der Waals surface area contributed by atoms with Gasteiger partial charge in [0.05, 0.1) is 26.3 Å². The molecule has 0 unspecified atom stereocenters. The second-order valence-corrected chi connectivity index (χ2v) is 16.1. The van der Waals surface area contributed by atoms with Crippen LogP contribution in [0.3, 0.4) is 0 Å². The van der Waals surface area contributed by atoms with Gasteiger partial charge in [0.25, 0.3) is 0 Å². The molecular formula is C44H40N2O6. The number of fused-ring (bicyclic) bond motifs is 20. The van der Waals surface area contributed by atoms with Crippen LogP contribution in [-0.2, 0) is 37.0 Å². The van der Waals surface area contributed by atoms with Crippen molar-refractivity contribution >= 4 is 18.0 Å². The highest BCUT2D eigenvalue weighted by Crippen LogP contribution is 2.90. The molecule has 4 aliphatic heterocycles. The number of methoxy groups -OCH3 is 2. The third-order valence-corrected chi connectivity index (χ3v) is 14.7. The van der Waals surface area contributed by atoms with Gasteiger partial charge in [-0.2, -0.15) is 0 Å². The SMILES string of the molecule is COC(=O)[C@]12[C@@H]3[C@@H]([C@H]4c5ccccc5[C@@H]3C43CC3)[C@](C(=O)OC)([C@@H]3[C@H]1[C@H]1c4ccccc4[C@@H]3N1C(=O)OCc1ccccc1)N2Cc1ccccc1. The summed E-state index contributed by atoms with van der Waals surface area (Å²) in [6, 6.07) is 35.8. The summed E-state index contributed by atoms with van der Waals surface area (Å²) in [5, 5.41) is 0. The molecule has 10 atom stereocenters. The molecule has 1 amide bonds. The highest BCUT2D eigenvalue weighted by atomic mass is 16.6. The Morgan fingerprint density at radius 3 is 1.50 bits per heavy atom. The van der Waals surface area contributed by atoms with Crippen LogP contribution >= 0.6 is 0 Å². The monoisotopic (exact) mass is 692 g/mol. The number of hydrogen-bond acceptors (Lipinski definition) is 7. The largest absolute Gasteiger partial charge is 0.468 e. The molecule has 0 N–H and O–H groups in total. The number of benzene rings is 4. The number of carbonyl (C=O) groups excluding carboxylic acids is 3. The van der Waals surface area contributed by atoms with Crippen LogP contribution in [0.5, 0.6) is 0 Å². The molecule has 5 fully saturated rings. The molecule has 4 aromatic carbocycles. The molecule has 1 spiro atoms. The quantitative estimate of drug-likeness (QED) is 0.160. The maximum atomic E-state index is 15.4. The van der Waals surface area contributed by atoms with Gasteiger partial charge in [0, 0.05) is 30.2 Å². The van der Waals surface area contributed by atoms with E-state index < -0.39 is 41.1 Å². The fourth-order valence-electron chi connectivity index (χ4n) is 13.5. The first kappa shape index (κ1) is 30.7. The molecule has 262 valence electrons. The van der Waals surface area contributed by atoms with Crippen molar-refractivity contribution in [1.82, 2.24) is 9.80 Å². The summed E-state index contributed by atoms with van der Waals surface area (Å²) >= 11 is 0.